The van der Waals surface area contributed by atoms with Gasteiger partial charge in [-0.15, -0.1) is 0 Å². The zero-order chi connectivity index (χ0) is 14.5. The van der Waals surface area contributed by atoms with Crippen molar-refractivity contribution in [2.75, 3.05) is 24.6 Å². The van der Waals surface area contributed by atoms with Crippen molar-refractivity contribution in [2.45, 2.75) is 20.8 Å². The first kappa shape index (κ1) is 14.3. The Morgan fingerprint density at radius 1 is 1.20 bits per heavy atom. The van der Waals surface area contributed by atoms with Crippen LogP contribution in [0.3, 0.4) is 0 Å². The summed E-state index contributed by atoms with van der Waals surface area (Å²) in [5.41, 5.74) is 1.50. The number of anilines is 1. The third-order valence-corrected chi connectivity index (χ3v) is 3.30. The molecule has 2 rings (SSSR count). The fraction of sp³-hybridized carbons (Fsp3) is 0.375. The molecule has 0 unspecified atom stereocenters. The summed E-state index contributed by atoms with van der Waals surface area (Å²) in [6.45, 7) is 8.34. The highest BCUT2D eigenvalue weighted by Gasteiger charge is 2.12. The van der Waals surface area contributed by atoms with Crippen molar-refractivity contribution < 1.29 is 9.53 Å². The van der Waals surface area contributed by atoms with E-state index in [9.17, 15) is 4.79 Å². The molecule has 0 N–H and O–H groups in total. The Kier molecular flexibility index (Phi) is 4.56. The smallest absolute Gasteiger partial charge is 0.153 e. The number of benzene rings is 1. The number of fused-ring (bicyclic) bond motifs is 1. The highest BCUT2D eigenvalue weighted by atomic mass is 16.5. The highest BCUT2D eigenvalue weighted by molar-refractivity contribution is 5.92. The van der Waals surface area contributed by atoms with Crippen LogP contribution in [0.1, 0.15) is 31.1 Å². The third-order valence-electron chi connectivity index (χ3n) is 3.30. The quantitative estimate of drug-likeness (QED) is 0.757. The summed E-state index contributed by atoms with van der Waals surface area (Å²) in [6.07, 6.45) is 0.868. The van der Waals surface area contributed by atoms with Gasteiger partial charge >= 0.3 is 0 Å². The molecule has 2 aromatic rings. The number of nitrogens with zero attached hydrogens (tertiary/aromatic N) is 2. The molecule has 0 fully saturated rings. The van der Waals surface area contributed by atoms with Crippen molar-refractivity contribution >= 4 is 23.0 Å². The van der Waals surface area contributed by atoms with Gasteiger partial charge in [-0.1, -0.05) is 0 Å². The van der Waals surface area contributed by atoms with Gasteiger partial charge in [-0.3, -0.25) is 4.79 Å². The summed E-state index contributed by atoms with van der Waals surface area (Å²) in [5, 5.41) is 0.925. The minimum atomic E-state index is 0.620. The first-order valence-corrected chi connectivity index (χ1v) is 7.01. The number of hydrogen-bond acceptors (Lipinski definition) is 4. The molecule has 0 saturated heterocycles. The van der Waals surface area contributed by atoms with Gasteiger partial charge in [0.1, 0.15) is 11.6 Å². The Morgan fingerprint density at radius 2 is 1.95 bits per heavy atom. The van der Waals surface area contributed by atoms with Crippen LogP contribution in [0, 0.1) is 0 Å². The standard InChI is InChI=1S/C16H20N2O2/c1-4-18(5-2)16-13(11-19)9-12-10-14(20-6-3)7-8-15(12)17-16/h7-11H,4-6H2,1-3H3. The predicted octanol–water partition coefficient (Wildman–Crippen LogP) is 3.29. The van der Waals surface area contributed by atoms with Crippen molar-refractivity contribution in [3.8, 4) is 5.75 Å². The largest absolute Gasteiger partial charge is 0.494 e. The van der Waals surface area contributed by atoms with Crippen molar-refractivity contribution in [1.82, 2.24) is 4.98 Å². The molecule has 106 valence electrons. The maximum absolute atomic E-state index is 11.3. The molecular weight excluding hydrogens is 252 g/mol. The molecule has 0 radical (unpaired) electrons. The molecule has 1 aromatic carbocycles. The lowest BCUT2D eigenvalue weighted by Crippen LogP contribution is -2.24. The van der Waals surface area contributed by atoms with Crippen LogP contribution < -0.4 is 9.64 Å². The van der Waals surface area contributed by atoms with Gasteiger partial charge in [0.05, 0.1) is 17.7 Å². The number of ether oxygens (including phenoxy) is 1. The number of aldehydes is 1. The second kappa shape index (κ2) is 6.37. The number of hydrogen-bond donors (Lipinski definition) is 0. The number of aromatic nitrogens is 1. The molecule has 0 aliphatic rings. The Morgan fingerprint density at radius 3 is 2.55 bits per heavy atom. The van der Waals surface area contributed by atoms with Gasteiger partial charge in [-0.2, -0.15) is 0 Å². The van der Waals surface area contributed by atoms with E-state index >= 15 is 0 Å². The van der Waals surface area contributed by atoms with Crippen LogP contribution >= 0.6 is 0 Å². The monoisotopic (exact) mass is 272 g/mol. The summed E-state index contributed by atoms with van der Waals surface area (Å²) in [4.78, 5) is 18.0. The molecule has 0 spiro atoms. The molecule has 1 aromatic heterocycles. The number of rotatable bonds is 6. The lowest BCUT2D eigenvalue weighted by Gasteiger charge is -2.21. The maximum atomic E-state index is 11.3. The predicted molar refractivity (Wildman–Crippen MR) is 81.9 cm³/mol. The zero-order valence-corrected chi connectivity index (χ0v) is 12.2. The van der Waals surface area contributed by atoms with Crippen LogP contribution in [0.5, 0.6) is 5.75 Å². The summed E-state index contributed by atoms with van der Waals surface area (Å²) in [7, 11) is 0. The van der Waals surface area contributed by atoms with Crippen molar-refractivity contribution in [2.24, 2.45) is 0 Å². The SMILES string of the molecule is CCOc1ccc2nc(N(CC)CC)c(C=O)cc2c1. The third kappa shape index (κ3) is 2.74. The summed E-state index contributed by atoms with van der Waals surface area (Å²) >= 11 is 0. The second-order valence-electron chi connectivity index (χ2n) is 4.48. The molecule has 4 nitrogen and oxygen atoms in total. The van der Waals surface area contributed by atoms with Crippen LogP contribution in [-0.4, -0.2) is 31.0 Å². The second-order valence-corrected chi connectivity index (χ2v) is 4.48. The number of carbonyl (C=O) groups excluding carboxylic acids is 1. The molecule has 0 saturated carbocycles. The van der Waals surface area contributed by atoms with Crippen molar-refractivity contribution in [3.05, 3.63) is 29.8 Å². The van der Waals surface area contributed by atoms with E-state index in [-0.39, 0.29) is 0 Å². The average molecular weight is 272 g/mol. The van der Waals surface area contributed by atoms with E-state index in [4.69, 9.17) is 4.74 Å². The first-order valence-electron chi connectivity index (χ1n) is 7.01. The minimum Gasteiger partial charge on any atom is -0.494 e. The number of carbonyl (C=O) groups is 1. The summed E-state index contributed by atoms with van der Waals surface area (Å²) in [5.74, 6) is 1.55. The maximum Gasteiger partial charge on any atom is 0.153 e. The van der Waals surface area contributed by atoms with Gasteiger partial charge < -0.3 is 9.64 Å². The molecule has 0 aliphatic heterocycles. The van der Waals surface area contributed by atoms with E-state index in [0.717, 1.165) is 41.8 Å². The average Bonchev–Trinajstić information content (AvgIpc) is 2.48. The van der Waals surface area contributed by atoms with Gasteiger partial charge in [-0.05, 0) is 45.0 Å². The van der Waals surface area contributed by atoms with Crippen molar-refractivity contribution in [1.29, 1.82) is 0 Å². The highest BCUT2D eigenvalue weighted by Crippen LogP contribution is 2.25. The molecule has 1 heterocycles. The van der Waals surface area contributed by atoms with Crippen LogP contribution in [0.4, 0.5) is 5.82 Å². The van der Waals surface area contributed by atoms with Crippen LogP contribution in [0.2, 0.25) is 0 Å². The summed E-state index contributed by atoms with van der Waals surface area (Å²) in [6, 6.07) is 7.64. The van der Waals surface area contributed by atoms with E-state index in [1.54, 1.807) is 0 Å². The van der Waals surface area contributed by atoms with Crippen molar-refractivity contribution in [3.63, 3.8) is 0 Å². The molecule has 20 heavy (non-hydrogen) atoms. The Balaban J connectivity index is 2.56. The van der Waals surface area contributed by atoms with Gasteiger partial charge in [0.15, 0.2) is 6.29 Å². The topological polar surface area (TPSA) is 42.4 Å². The van der Waals surface area contributed by atoms with Crippen LogP contribution in [-0.2, 0) is 0 Å². The van der Waals surface area contributed by atoms with Gasteiger partial charge in [0.2, 0.25) is 0 Å². The Bertz CT molecular complexity index is 607. The lowest BCUT2D eigenvalue weighted by molar-refractivity contribution is 0.112. The zero-order valence-electron chi connectivity index (χ0n) is 12.2. The van der Waals surface area contributed by atoms with Crippen LogP contribution in [0.25, 0.3) is 10.9 Å². The molecule has 0 bridgehead atoms. The fourth-order valence-corrected chi connectivity index (χ4v) is 2.28. The Hall–Kier alpha value is -2.10. The van der Waals surface area contributed by atoms with Gasteiger partial charge in [-0.25, -0.2) is 4.98 Å². The molecule has 0 atom stereocenters. The van der Waals surface area contributed by atoms with E-state index in [1.165, 1.54) is 0 Å². The molecule has 0 amide bonds. The van der Waals surface area contributed by atoms with Crippen LogP contribution in [0.15, 0.2) is 24.3 Å². The normalized spacial score (nSPS) is 10.6. The van der Waals surface area contributed by atoms with Gasteiger partial charge in [0.25, 0.3) is 0 Å². The first-order chi connectivity index (χ1) is 9.73. The fourth-order valence-electron chi connectivity index (χ4n) is 2.28. The van der Waals surface area contributed by atoms with E-state index in [0.29, 0.717) is 12.2 Å². The molecular formula is C16H20N2O2. The number of pyridine rings is 1. The van der Waals surface area contributed by atoms with Gasteiger partial charge in [0, 0.05) is 18.5 Å². The lowest BCUT2D eigenvalue weighted by atomic mass is 10.1. The van der Waals surface area contributed by atoms with E-state index in [1.807, 2.05) is 31.2 Å². The summed E-state index contributed by atoms with van der Waals surface area (Å²) < 4.78 is 5.48. The molecule has 0 aliphatic carbocycles. The minimum absolute atomic E-state index is 0.620. The van der Waals surface area contributed by atoms with E-state index < -0.39 is 0 Å². The van der Waals surface area contributed by atoms with E-state index in [2.05, 4.69) is 23.7 Å². The molecule has 4 heteroatoms. The Labute approximate surface area is 119 Å².